The molecule has 0 heterocycles. The van der Waals surface area contributed by atoms with Crippen LogP contribution >= 0.6 is 0 Å². The zero-order chi connectivity index (χ0) is 30.9. The largest absolute Gasteiger partial charge is 0.481 e. The molecule has 4 atom stereocenters. The number of aliphatic carboxylic acids is 3. The molecule has 39 heavy (non-hydrogen) atoms. The van der Waals surface area contributed by atoms with Gasteiger partial charge in [-0.05, 0) is 0 Å². The van der Waals surface area contributed by atoms with Gasteiger partial charge in [0.15, 0.2) is 0 Å². The van der Waals surface area contributed by atoms with E-state index in [0.29, 0.717) is 0 Å². The van der Waals surface area contributed by atoms with Crippen molar-refractivity contribution in [1.29, 1.82) is 0 Å². The summed E-state index contributed by atoms with van der Waals surface area (Å²) in [5, 5.41) is 31.3. The Bertz CT molecular complexity index is 1310. The predicted octanol–water partition coefficient (Wildman–Crippen LogP) is -5.25. The number of carboxylic acid groups (broad SMARTS) is 3. The molecule has 224 valence electrons. The van der Waals surface area contributed by atoms with E-state index in [4.69, 9.17) is 29.0 Å². The van der Waals surface area contributed by atoms with E-state index < -0.39 is 120 Å². The second-order valence-electron chi connectivity index (χ2n) is 7.66. The van der Waals surface area contributed by atoms with E-state index in [1.54, 1.807) is 5.32 Å². The van der Waals surface area contributed by atoms with Crippen molar-refractivity contribution in [2.45, 2.75) is 31.0 Å². The highest BCUT2D eigenvalue weighted by molar-refractivity contribution is 7.86. The van der Waals surface area contributed by atoms with Crippen LogP contribution in [0.25, 0.3) is 0 Å². The fraction of sp³-hybridized carbons (Fsp3) is 0.600. The second kappa shape index (κ2) is 14.1. The van der Waals surface area contributed by atoms with Gasteiger partial charge >= 0.3 is 17.9 Å². The molecule has 1 unspecified atom stereocenters. The Balaban J connectivity index is 6.04. The zero-order valence-electron chi connectivity index (χ0n) is 19.2. The average molecular weight is 630 g/mol. The average Bonchev–Trinajstić information content (AvgIpc) is 2.68. The minimum absolute atomic E-state index is 1.08. The summed E-state index contributed by atoms with van der Waals surface area (Å²) in [7, 11) is -15.4. The lowest BCUT2D eigenvalue weighted by Gasteiger charge is -2.23. The van der Waals surface area contributed by atoms with Crippen molar-refractivity contribution in [3.63, 3.8) is 0 Å². The van der Waals surface area contributed by atoms with Crippen molar-refractivity contribution in [2.75, 3.05) is 17.3 Å². The van der Waals surface area contributed by atoms with Gasteiger partial charge in [-0.3, -0.25) is 37.6 Å². The molecule has 3 amide bonds. The van der Waals surface area contributed by atoms with Gasteiger partial charge in [-0.1, -0.05) is 0 Å². The summed E-state index contributed by atoms with van der Waals surface area (Å²) >= 11 is 0. The van der Waals surface area contributed by atoms with Gasteiger partial charge in [0, 0.05) is 6.42 Å². The molecule has 0 aromatic rings. The lowest BCUT2D eigenvalue weighted by atomic mass is 10.0. The first-order chi connectivity index (χ1) is 17.4. The zero-order valence-corrected chi connectivity index (χ0v) is 21.6. The number of rotatable bonds is 17. The Morgan fingerprint density at radius 3 is 1.23 bits per heavy atom. The predicted molar refractivity (Wildman–Crippen MR) is 121 cm³/mol. The Morgan fingerprint density at radius 2 is 0.897 bits per heavy atom. The second-order valence-corrected chi connectivity index (χ2v) is 12.2. The summed E-state index contributed by atoms with van der Waals surface area (Å²) in [5.41, 5.74) is 0. The molecular weight excluding hydrogens is 606 g/mol. The van der Waals surface area contributed by atoms with Crippen molar-refractivity contribution in [3.8, 4) is 0 Å². The monoisotopic (exact) mass is 629 g/mol. The molecule has 0 spiro atoms. The molecule has 0 saturated heterocycles. The normalized spacial score (nSPS) is 15.2. The molecular formula is C15H23N3O18S3. The summed E-state index contributed by atoms with van der Waals surface area (Å²) in [6.07, 6.45) is -2.22. The smallest absolute Gasteiger partial charge is 0.327 e. The van der Waals surface area contributed by atoms with Gasteiger partial charge in [0.05, 0.1) is 12.3 Å². The minimum Gasteiger partial charge on any atom is -0.481 e. The Morgan fingerprint density at radius 1 is 0.538 bits per heavy atom. The van der Waals surface area contributed by atoms with E-state index in [9.17, 15) is 54.0 Å². The molecule has 0 aromatic carbocycles. The number of nitrogens with one attached hydrogen (secondary N) is 3. The van der Waals surface area contributed by atoms with Gasteiger partial charge in [-0.2, -0.15) is 25.3 Å². The molecule has 0 aliphatic rings. The van der Waals surface area contributed by atoms with Crippen LogP contribution in [-0.4, -0.2) is 125 Å². The van der Waals surface area contributed by atoms with E-state index in [0.717, 1.165) is 0 Å². The number of hydrogen-bond donors (Lipinski definition) is 9. The number of carboxylic acids is 3. The first-order valence-electron chi connectivity index (χ1n) is 9.83. The first kappa shape index (κ1) is 35.5. The van der Waals surface area contributed by atoms with Crippen LogP contribution in [0.3, 0.4) is 0 Å². The molecule has 0 rings (SSSR count). The fourth-order valence-electron chi connectivity index (χ4n) is 2.65. The maximum absolute atomic E-state index is 12.6. The quantitative estimate of drug-likeness (QED) is 0.0678. The van der Waals surface area contributed by atoms with Crippen LogP contribution in [-0.2, 0) is 59.1 Å². The Labute approximate surface area is 219 Å². The molecule has 0 bridgehead atoms. The molecule has 0 aliphatic carbocycles. The highest BCUT2D eigenvalue weighted by Gasteiger charge is 2.35. The van der Waals surface area contributed by atoms with Crippen LogP contribution in [0, 0.1) is 5.92 Å². The van der Waals surface area contributed by atoms with E-state index in [-0.39, 0.29) is 0 Å². The fourth-order valence-corrected chi connectivity index (χ4v) is 4.61. The molecule has 0 aliphatic heterocycles. The van der Waals surface area contributed by atoms with Gasteiger partial charge < -0.3 is 31.3 Å². The van der Waals surface area contributed by atoms with Crippen LogP contribution in [0.5, 0.6) is 0 Å². The number of carbonyl (C=O) groups excluding carboxylic acids is 3. The number of carbonyl (C=O) groups is 6. The lowest BCUT2D eigenvalue weighted by Crippen LogP contribution is -2.59. The van der Waals surface area contributed by atoms with Gasteiger partial charge in [-0.25, -0.2) is 4.79 Å². The third-order valence-corrected chi connectivity index (χ3v) is 6.50. The van der Waals surface area contributed by atoms with Crippen molar-refractivity contribution in [1.82, 2.24) is 16.0 Å². The van der Waals surface area contributed by atoms with Gasteiger partial charge in [0.1, 0.15) is 35.4 Å². The Hall–Kier alpha value is -3.45. The van der Waals surface area contributed by atoms with E-state index in [2.05, 4.69) is 0 Å². The molecule has 24 heteroatoms. The summed E-state index contributed by atoms with van der Waals surface area (Å²) in [6.45, 7) is 0. The van der Waals surface area contributed by atoms with Crippen molar-refractivity contribution in [3.05, 3.63) is 0 Å². The van der Waals surface area contributed by atoms with Gasteiger partial charge in [0.2, 0.25) is 17.7 Å². The van der Waals surface area contributed by atoms with Crippen molar-refractivity contribution in [2.24, 2.45) is 5.92 Å². The van der Waals surface area contributed by atoms with Gasteiger partial charge in [-0.15, -0.1) is 0 Å². The standard InChI is InChI=1S/C15H23N3O18S3/c19-10(1-6(14(24)25)2-11(20)21)16-7(3-37(28,29)30)12(22)17-8(4-38(31,32)33)13(23)18-9(15(26)27)5-39(34,35)36/h6-9H,1-5H2,(H,16,19)(H,17,22)(H,18,23)(H,20,21)(H,24,25)(H,26,27)(H,28,29,30)(H,31,32,33)(H,34,35,36)/t6?,7-,8-,9-/m1/s1. The first-order valence-corrected chi connectivity index (χ1v) is 14.7. The van der Waals surface area contributed by atoms with E-state index in [1.807, 2.05) is 0 Å². The SMILES string of the molecule is O=C(O)CC(CC(=O)N[C@H](CS(=O)(=O)O)C(=O)N[C@H](CS(=O)(=O)O)C(=O)N[C@H](CS(=O)(=O)O)C(=O)O)C(=O)O. The molecule has 0 fully saturated rings. The molecule has 0 radical (unpaired) electrons. The summed E-state index contributed by atoms with van der Waals surface area (Å²) in [5.74, 6) is -17.4. The number of amides is 3. The molecule has 0 saturated carbocycles. The molecule has 21 nitrogen and oxygen atoms in total. The van der Waals surface area contributed by atoms with Crippen LogP contribution < -0.4 is 16.0 Å². The van der Waals surface area contributed by atoms with Crippen molar-refractivity contribution < 1.29 is 83.0 Å². The minimum atomic E-state index is -5.19. The summed E-state index contributed by atoms with van der Waals surface area (Å²) < 4.78 is 94.0. The maximum atomic E-state index is 12.6. The summed E-state index contributed by atoms with van der Waals surface area (Å²) in [4.78, 5) is 70.2. The van der Waals surface area contributed by atoms with Crippen LogP contribution in [0.15, 0.2) is 0 Å². The van der Waals surface area contributed by atoms with Gasteiger partial charge in [0.25, 0.3) is 30.4 Å². The molecule has 0 aromatic heterocycles. The summed E-state index contributed by atoms with van der Waals surface area (Å²) in [6, 6.07) is -7.34. The van der Waals surface area contributed by atoms with Crippen LogP contribution in [0.2, 0.25) is 0 Å². The lowest BCUT2D eigenvalue weighted by molar-refractivity contribution is -0.149. The highest BCUT2D eigenvalue weighted by atomic mass is 32.2. The third kappa shape index (κ3) is 16.2. The van der Waals surface area contributed by atoms with E-state index in [1.165, 1.54) is 10.6 Å². The highest BCUT2D eigenvalue weighted by Crippen LogP contribution is 2.10. The third-order valence-electron chi connectivity index (χ3n) is 4.23. The maximum Gasteiger partial charge on any atom is 0.327 e. The molecule has 9 N–H and O–H groups in total. The van der Waals surface area contributed by atoms with E-state index >= 15 is 0 Å². The topological polar surface area (TPSA) is 362 Å². The Kier molecular flexibility index (Phi) is 12.8. The van der Waals surface area contributed by atoms with Crippen LogP contribution in [0.4, 0.5) is 0 Å². The van der Waals surface area contributed by atoms with Crippen LogP contribution in [0.1, 0.15) is 12.8 Å². The van der Waals surface area contributed by atoms with Crippen molar-refractivity contribution >= 4 is 66.0 Å². The number of hydrogen-bond acceptors (Lipinski definition) is 12.